The van der Waals surface area contributed by atoms with Crippen LogP contribution in [0.15, 0.2) is 48.7 Å². The van der Waals surface area contributed by atoms with Gasteiger partial charge in [0.05, 0.1) is 23.6 Å². The smallest absolute Gasteiger partial charge is 0.413 e. The molecule has 3 aromatic rings. The molecule has 2 aromatic heterocycles. The second-order valence-corrected chi connectivity index (χ2v) is 8.28. The summed E-state index contributed by atoms with van der Waals surface area (Å²) in [7, 11) is -2.39. The quantitative estimate of drug-likeness (QED) is 0.502. The maximum absolute atomic E-state index is 13.4. The number of rotatable bonds is 8. The Bertz CT molecular complexity index is 1260. The highest BCUT2D eigenvalue weighted by atomic mass is 32.2. The van der Waals surface area contributed by atoms with Crippen LogP contribution < -0.4 is 10.0 Å². The van der Waals surface area contributed by atoms with Gasteiger partial charge in [-0.05, 0) is 17.7 Å². The molecule has 0 spiro atoms. The summed E-state index contributed by atoms with van der Waals surface area (Å²) in [5.41, 5.74) is 0.529. The summed E-state index contributed by atoms with van der Waals surface area (Å²) < 4.78 is 58.5. The molecule has 33 heavy (non-hydrogen) atoms. The standard InChI is InChI=1S/C19H17F2N7O4S/c1-28-18(24-19(29)32-16(17(20)21)12-5-3-2-4-6-12)15(25-27-28)14-8-7-13(11-23-14)26-33(30,31)10-9-22/h2-8,11,16-17,26H,10H2,1H3,(H,24,29). The Hall–Kier alpha value is -4.12. The molecule has 0 aliphatic carbocycles. The van der Waals surface area contributed by atoms with Crippen LogP contribution in [0.4, 0.5) is 25.1 Å². The molecule has 0 saturated carbocycles. The highest BCUT2D eigenvalue weighted by molar-refractivity contribution is 7.92. The first-order valence-electron chi connectivity index (χ1n) is 9.24. The SMILES string of the molecule is Cn1nnc(-c2ccc(NS(=O)(=O)CC#N)cn2)c1NC(=O)OC(c1ccccc1)C(F)F. The zero-order chi connectivity index (χ0) is 24.0. The Morgan fingerprint density at radius 2 is 1.97 bits per heavy atom. The van der Waals surface area contributed by atoms with Crippen molar-refractivity contribution in [3.05, 3.63) is 54.2 Å². The highest BCUT2D eigenvalue weighted by Crippen LogP contribution is 2.27. The van der Waals surface area contributed by atoms with Crippen LogP contribution >= 0.6 is 0 Å². The number of sulfonamides is 1. The Kier molecular flexibility index (Phi) is 7.13. The first kappa shape index (κ1) is 23.5. The molecule has 14 heteroatoms. The Labute approximate surface area is 187 Å². The summed E-state index contributed by atoms with van der Waals surface area (Å²) in [6.45, 7) is 0. The normalized spacial score (nSPS) is 12.1. The van der Waals surface area contributed by atoms with Crippen molar-refractivity contribution in [1.29, 1.82) is 5.26 Å². The lowest BCUT2D eigenvalue weighted by Crippen LogP contribution is -2.23. The van der Waals surface area contributed by atoms with E-state index < -0.39 is 34.4 Å². The van der Waals surface area contributed by atoms with E-state index in [9.17, 15) is 22.0 Å². The molecule has 1 atom stereocenters. The number of nitrogens with zero attached hydrogens (tertiary/aromatic N) is 5. The van der Waals surface area contributed by atoms with Crippen LogP contribution in [0, 0.1) is 11.3 Å². The molecule has 0 saturated heterocycles. The van der Waals surface area contributed by atoms with Crippen LogP contribution in [0.5, 0.6) is 0 Å². The Balaban J connectivity index is 1.77. The van der Waals surface area contributed by atoms with Gasteiger partial charge >= 0.3 is 6.09 Å². The number of carbonyl (C=O) groups excluding carboxylic acids is 1. The van der Waals surface area contributed by atoms with Gasteiger partial charge in [0.2, 0.25) is 10.0 Å². The number of carbonyl (C=O) groups is 1. The number of aryl methyl sites for hydroxylation is 1. The van der Waals surface area contributed by atoms with Gasteiger partial charge in [0.15, 0.2) is 23.4 Å². The minimum Gasteiger partial charge on any atom is -0.435 e. The summed E-state index contributed by atoms with van der Waals surface area (Å²) in [6, 6.07) is 11.9. The predicted molar refractivity (Wildman–Crippen MR) is 113 cm³/mol. The van der Waals surface area contributed by atoms with Crippen molar-refractivity contribution in [1.82, 2.24) is 20.0 Å². The molecule has 2 N–H and O–H groups in total. The maximum atomic E-state index is 13.4. The predicted octanol–water partition coefficient (Wildman–Crippen LogP) is 2.70. The maximum Gasteiger partial charge on any atom is 0.413 e. The van der Waals surface area contributed by atoms with Crippen LogP contribution in [-0.4, -0.2) is 46.7 Å². The van der Waals surface area contributed by atoms with Crippen LogP contribution in [-0.2, 0) is 21.8 Å². The van der Waals surface area contributed by atoms with E-state index in [1.807, 2.05) is 0 Å². The van der Waals surface area contributed by atoms with Crippen molar-refractivity contribution in [3.8, 4) is 17.5 Å². The molecule has 3 rings (SSSR count). The van der Waals surface area contributed by atoms with E-state index in [-0.39, 0.29) is 28.5 Å². The third-order valence-corrected chi connectivity index (χ3v) is 5.23. The number of ether oxygens (including phenoxy) is 1. The Morgan fingerprint density at radius 1 is 1.24 bits per heavy atom. The van der Waals surface area contributed by atoms with Gasteiger partial charge < -0.3 is 4.74 Å². The average Bonchev–Trinajstić information content (AvgIpc) is 3.12. The number of halogens is 2. The summed E-state index contributed by atoms with van der Waals surface area (Å²) >= 11 is 0. The van der Waals surface area contributed by atoms with Gasteiger partial charge in [0, 0.05) is 7.05 Å². The average molecular weight is 477 g/mol. The van der Waals surface area contributed by atoms with Crippen molar-refractivity contribution in [2.75, 3.05) is 15.8 Å². The molecule has 0 radical (unpaired) electrons. The minimum atomic E-state index is -3.84. The molecular weight excluding hydrogens is 460 g/mol. The molecule has 0 bridgehead atoms. The van der Waals surface area contributed by atoms with Crippen molar-refractivity contribution >= 4 is 27.6 Å². The largest absolute Gasteiger partial charge is 0.435 e. The van der Waals surface area contributed by atoms with E-state index in [4.69, 9.17) is 10.00 Å². The molecular formula is C19H17F2N7O4S. The molecule has 1 aromatic carbocycles. The van der Waals surface area contributed by atoms with Gasteiger partial charge in [-0.1, -0.05) is 35.5 Å². The van der Waals surface area contributed by atoms with E-state index in [1.54, 1.807) is 18.2 Å². The molecule has 0 aliphatic heterocycles. The van der Waals surface area contributed by atoms with Crippen molar-refractivity contribution in [2.45, 2.75) is 12.5 Å². The third kappa shape index (κ3) is 5.98. The number of nitrogens with one attached hydrogen (secondary N) is 2. The zero-order valence-corrected chi connectivity index (χ0v) is 17.8. The van der Waals surface area contributed by atoms with Crippen LogP contribution in [0.1, 0.15) is 11.7 Å². The minimum absolute atomic E-state index is 0.0198. The monoisotopic (exact) mass is 477 g/mol. The summed E-state index contributed by atoms with van der Waals surface area (Å²) in [5, 5.41) is 18.6. The molecule has 172 valence electrons. The number of anilines is 2. The van der Waals surface area contributed by atoms with Crippen molar-refractivity contribution < 1.29 is 26.7 Å². The van der Waals surface area contributed by atoms with E-state index >= 15 is 0 Å². The number of benzene rings is 1. The second kappa shape index (κ2) is 10.0. The number of alkyl halides is 2. The lowest BCUT2D eigenvalue weighted by Gasteiger charge is -2.18. The fourth-order valence-corrected chi connectivity index (χ4v) is 3.44. The van der Waals surface area contributed by atoms with Gasteiger partial charge in [-0.3, -0.25) is 15.0 Å². The van der Waals surface area contributed by atoms with E-state index in [0.717, 1.165) is 0 Å². The van der Waals surface area contributed by atoms with E-state index in [0.29, 0.717) is 0 Å². The number of aromatic nitrogens is 4. The topological polar surface area (TPSA) is 152 Å². The number of hydrogen-bond acceptors (Lipinski definition) is 8. The molecule has 2 heterocycles. The highest BCUT2D eigenvalue weighted by Gasteiger charge is 2.28. The van der Waals surface area contributed by atoms with Gasteiger partial charge in [-0.15, -0.1) is 5.10 Å². The van der Waals surface area contributed by atoms with Gasteiger partial charge in [0.25, 0.3) is 6.43 Å². The van der Waals surface area contributed by atoms with Crippen LogP contribution in [0.3, 0.4) is 0 Å². The summed E-state index contributed by atoms with van der Waals surface area (Å²) in [4.78, 5) is 16.4. The van der Waals surface area contributed by atoms with Crippen molar-refractivity contribution in [2.24, 2.45) is 7.05 Å². The zero-order valence-electron chi connectivity index (χ0n) is 17.0. The number of hydrogen-bond donors (Lipinski definition) is 2. The van der Waals surface area contributed by atoms with E-state index in [1.165, 1.54) is 48.3 Å². The Morgan fingerprint density at radius 3 is 2.58 bits per heavy atom. The molecule has 11 nitrogen and oxygen atoms in total. The molecule has 1 unspecified atom stereocenters. The number of nitriles is 1. The van der Waals surface area contributed by atoms with Gasteiger partial charge in [-0.2, -0.15) is 5.26 Å². The van der Waals surface area contributed by atoms with Crippen LogP contribution in [0.2, 0.25) is 0 Å². The second-order valence-electron chi connectivity index (χ2n) is 6.56. The lowest BCUT2D eigenvalue weighted by molar-refractivity contribution is -0.0143. The number of amides is 1. The fraction of sp³-hybridized carbons (Fsp3) is 0.211. The first-order chi connectivity index (χ1) is 15.7. The molecule has 0 fully saturated rings. The summed E-state index contributed by atoms with van der Waals surface area (Å²) in [6.07, 6.45) is -4.71. The third-order valence-electron chi connectivity index (χ3n) is 4.17. The molecule has 0 aliphatic rings. The van der Waals surface area contributed by atoms with Crippen molar-refractivity contribution in [3.63, 3.8) is 0 Å². The first-order valence-corrected chi connectivity index (χ1v) is 10.9. The number of pyridine rings is 1. The van der Waals surface area contributed by atoms with Gasteiger partial charge in [0.1, 0.15) is 0 Å². The van der Waals surface area contributed by atoms with E-state index in [2.05, 4.69) is 25.3 Å². The van der Waals surface area contributed by atoms with Crippen LogP contribution in [0.25, 0.3) is 11.4 Å². The lowest BCUT2D eigenvalue weighted by atomic mass is 10.1. The molecule has 1 amide bonds. The van der Waals surface area contributed by atoms with Gasteiger partial charge in [-0.25, -0.2) is 26.7 Å². The fourth-order valence-electron chi connectivity index (χ4n) is 2.71. The summed E-state index contributed by atoms with van der Waals surface area (Å²) in [5.74, 6) is -0.705.